The summed E-state index contributed by atoms with van der Waals surface area (Å²) in [6.45, 7) is 2.58. The molecule has 4 aliphatic rings. The number of likely N-dealkylation sites (N-methyl/N-ethyl adjacent to an activating group) is 1. The van der Waals surface area contributed by atoms with Crippen molar-refractivity contribution in [3.05, 3.63) is 35.1 Å². The van der Waals surface area contributed by atoms with E-state index in [4.69, 9.17) is 18.9 Å². The van der Waals surface area contributed by atoms with E-state index in [2.05, 4.69) is 14.4 Å². The Kier molecular flexibility index (Phi) is 8.10. The van der Waals surface area contributed by atoms with E-state index in [-0.39, 0.29) is 18.2 Å². The summed E-state index contributed by atoms with van der Waals surface area (Å²) in [6, 6.07) is 3.44. The van der Waals surface area contributed by atoms with E-state index < -0.39 is 71.8 Å². The number of hydrogen-bond donors (Lipinski definition) is 1. The number of ether oxygens (including phenoxy) is 6. The van der Waals surface area contributed by atoms with Crippen LogP contribution in [0.4, 0.5) is 13.2 Å². The van der Waals surface area contributed by atoms with Crippen molar-refractivity contribution in [1.29, 1.82) is 0 Å². The molecule has 2 aliphatic heterocycles. The van der Waals surface area contributed by atoms with E-state index >= 15 is 0 Å². The molecule has 1 N–H and O–H groups in total. The normalized spacial score (nSPS) is 27.5. The molecule has 2 heterocycles. The van der Waals surface area contributed by atoms with Crippen LogP contribution in [0.2, 0.25) is 0 Å². The molecule has 244 valence electrons. The van der Waals surface area contributed by atoms with Crippen molar-refractivity contribution in [1.82, 2.24) is 4.90 Å². The minimum absolute atomic E-state index is 0.0627. The summed E-state index contributed by atoms with van der Waals surface area (Å²) in [7, 11) is 3.42. The molecule has 2 bridgehead atoms. The van der Waals surface area contributed by atoms with Crippen molar-refractivity contribution in [3.8, 4) is 11.5 Å². The van der Waals surface area contributed by atoms with Gasteiger partial charge in [-0.1, -0.05) is 6.07 Å². The Morgan fingerprint density at radius 1 is 1.16 bits per heavy atom. The maximum Gasteiger partial charge on any atom is 0.491 e. The number of methoxy groups -OCH3 is 1. The van der Waals surface area contributed by atoms with Gasteiger partial charge in [0.05, 0.1) is 24.5 Å². The van der Waals surface area contributed by atoms with Crippen LogP contribution in [-0.2, 0) is 54.8 Å². The monoisotopic (exact) mass is 641 g/mol. The summed E-state index contributed by atoms with van der Waals surface area (Å²) >= 11 is 0. The van der Waals surface area contributed by atoms with Gasteiger partial charge in [0.2, 0.25) is 6.10 Å². The van der Waals surface area contributed by atoms with Crippen LogP contribution in [0.1, 0.15) is 44.2 Å². The van der Waals surface area contributed by atoms with Crippen molar-refractivity contribution in [2.24, 2.45) is 0 Å². The summed E-state index contributed by atoms with van der Waals surface area (Å²) in [5.41, 5.74) is -0.500. The Labute approximate surface area is 254 Å². The van der Waals surface area contributed by atoms with Crippen molar-refractivity contribution in [2.45, 2.75) is 81.1 Å². The van der Waals surface area contributed by atoms with Gasteiger partial charge in [-0.15, -0.1) is 0 Å². The molecular formula is C29H30F3NO12. The highest BCUT2D eigenvalue weighted by atomic mass is 19.4. The standard InChI is InChI=1S/C29H30F3NO12/c1-13(41-25(37)18(42-14(2)34)12-20(35)44-26(38)29(30,31)32)24(36)43-17-7-8-28(39)19-11-15-5-6-16(40-4)22-21(15)27(28,23(17)45-22)9-10-33(19)3/h5-7,13,18-19,23,39H,8-12H2,1-4H3/t13-,18-,19+,23-,27-,28+/m0/s1. The lowest BCUT2D eigenvalue weighted by Gasteiger charge is -2.61. The Morgan fingerprint density at radius 2 is 1.87 bits per heavy atom. The van der Waals surface area contributed by atoms with Gasteiger partial charge in [0.15, 0.2) is 23.7 Å². The van der Waals surface area contributed by atoms with Crippen LogP contribution < -0.4 is 9.47 Å². The average molecular weight is 642 g/mol. The van der Waals surface area contributed by atoms with Crippen LogP contribution in [0.5, 0.6) is 11.5 Å². The number of piperidine rings is 1. The lowest BCUT2D eigenvalue weighted by Crippen LogP contribution is -2.74. The second-order valence-electron chi connectivity index (χ2n) is 11.3. The zero-order valence-electron chi connectivity index (χ0n) is 24.6. The first-order valence-electron chi connectivity index (χ1n) is 13.9. The van der Waals surface area contributed by atoms with Gasteiger partial charge in [-0.25, -0.2) is 14.4 Å². The number of carbonyl (C=O) groups is 5. The molecule has 45 heavy (non-hydrogen) atoms. The van der Waals surface area contributed by atoms with Gasteiger partial charge >= 0.3 is 36.0 Å². The van der Waals surface area contributed by atoms with E-state index in [1.807, 2.05) is 13.1 Å². The lowest BCUT2D eigenvalue weighted by molar-refractivity contribution is -0.203. The molecule has 0 radical (unpaired) electrons. The number of halogens is 3. The lowest BCUT2D eigenvalue weighted by atomic mass is 9.50. The van der Waals surface area contributed by atoms with Crippen molar-refractivity contribution in [2.75, 3.05) is 20.7 Å². The van der Waals surface area contributed by atoms with Gasteiger partial charge in [-0.3, -0.25) is 9.59 Å². The fraction of sp³-hybridized carbons (Fsp3) is 0.552. The fourth-order valence-corrected chi connectivity index (χ4v) is 6.81. The third-order valence-electron chi connectivity index (χ3n) is 8.76. The molecule has 1 spiro atoms. The quantitative estimate of drug-likeness (QED) is 0.246. The maximum absolute atomic E-state index is 13.2. The number of alkyl halides is 3. The fourth-order valence-electron chi connectivity index (χ4n) is 6.81. The van der Waals surface area contributed by atoms with Crippen LogP contribution in [0.25, 0.3) is 0 Å². The van der Waals surface area contributed by atoms with E-state index in [0.717, 1.165) is 25.0 Å². The number of benzene rings is 1. The molecule has 0 saturated carbocycles. The molecule has 16 heteroatoms. The van der Waals surface area contributed by atoms with Crippen molar-refractivity contribution < 1.29 is 70.7 Å². The highest BCUT2D eigenvalue weighted by Crippen LogP contribution is 2.65. The summed E-state index contributed by atoms with van der Waals surface area (Å²) in [5, 5.41) is 12.3. The maximum atomic E-state index is 13.2. The van der Waals surface area contributed by atoms with Crippen LogP contribution in [0, 0.1) is 0 Å². The van der Waals surface area contributed by atoms with Crippen LogP contribution in [0.15, 0.2) is 24.0 Å². The summed E-state index contributed by atoms with van der Waals surface area (Å²) < 4.78 is 68.2. The number of nitrogens with zero attached hydrogens (tertiary/aromatic N) is 1. The highest BCUT2D eigenvalue weighted by Gasteiger charge is 2.72. The number of esters is 5. The Balaban J connectivity index is 1.33. The van der Waals surface area contributed by atoms with Gasteiger partial charge in [0.1, 0.15) is 5.76 Å². The second kappa shape index (κ2) is 11.3. The molecule has 0 unspecified atom stereocenters. The summed E-state index contributed by atoms with van der Waals surface area (Å²) in [4.78, 5) is 62.2. The first kappa shape index (κ1) is 32.2. The molecule has 2 aliphatic carbocycles. The molecule has 0 aromatic heterocycles. The predicted molar refractivity (Wildman–Crippen MR) is 140 cm³/mol. The second-order valence-corrected chi connectivity index (χ2v) is 11.3. The van der Waals surface area contributed by atoms with Gasteiger partial charge in [0.25, 0.3) is 0 Å². The molecule has 1 saturated heterocycles. The minimum atomic E-state index is -5.49. The first-order valence-corrected chi connectivity index (χ1v) is 13.9. The van der Waals surface area contributed by atoms with E-state index in [1.165, 1.54) is 7.11 Å². The number of rotatable bonds is 8. The van der Waals surface area contributed by atoms with Gasteiger partial charge in [-0.05, 0) is 51.1 Å². The van der Waals surface area contributed by atoms with Crippen molar-refractivity contribution in [3.63, 3.8) is 0 Å². The van der Waals surface area contributed by atoms with Crippen LogP contribution in [0.3, 0.4) is 0 Å². The zero-order valence-corrected chi connectivity index (χ0v) is 24.6. The number of carbonyl (C=O) groups excluding carboxylic acids is 5. The third-order valence-corrected chi connectivity index (χ3v) is 8.76. The van der Waals surface area contributed by atoms with Crippen LogP contribution >= 0.6 is 0 Å². The summed E-state index contributed by atoms with van der Waals surface area (Å²) in [5.74, 6) is -7.42. The molecule has 13 nitrogen and oxygen atoms in total. The molecule has 5 rings (SSSR count). The summed E-state index contributed by atoms with van der Waals surface area (Å²) in [6.07, 6.45) is -8.86. The van der Waals surface area contributed by atoms with E-state index in [1.54, 1.807) is 12.1 Å². The number of aliphatic hydroxyl groups is 1. The highest BCUT2D eigenvalue weighted by molar-refractivity contribution is 5.92. The SMILES string of the molecule is COc1ccc2c3c1O[C@H]1C(OC(=O)[C@H](C)OC(=O)[C@H](CC(=O)OC(=O)C(F)(F)F)OC(C)=O)=CC[C@@]4(O)[C@@H](C2)N(C)CC[C@]314. The molecule has 6 atom stereocenters. The van der Waals surface area contributed by atoms with Gasteiger partial charge < -0.3 is 38.4 Å². The molecule has 1 aromatic rings. The molecule has 0 amide bonds. The van der Waals surface area contributed by atoms with E-state index in [9.17, 15) is 42.3 Å². The zero-order chi connectivity index (χ0) is 33.1. The van der Waals surface area contributed by atoms with Gasteiger partial charge in [0, 0.05) is 24.9 Å². The third kappa shape index (κ3) is 5.28. The molecule has 1 fully saturated rings. The van der Waals surface area contributed by atoms with Gasteiger partial charge in [-0.2, -0.15) is 13.2 Å². The topological polar surface area (TPSA) is 164 Å². The Bertz CT molecular complexity index is 1490. The van der Waals surface area contributed by atoms with Crippen LogP contribution in [-0.4, -0.2) is 96.7 Å². The molecular weight excluding hydrogens is 611 g/mol. The Morgan fingerprint density at radius 3 is 2.51 bits per heavy atom. The smallest absolute Gasteiger partial charge is 0.491 e. The van der Waals surface area contributed by atoms with E-state index in [0.29, 0.717) is 30.9 Å². The number of likely N-dealkylation sites (tertiary alicyclic amines) is 1. The first-order chi connectivity index (χ1) is 21.0. The molecule has 1 aromatic carbocycles. The Hall–Kier alpha value is -4.18. The largest absolute Gasteiger partial charge is 0.493 e. The predicted octanol–water partition coefficient (Wildman–Crippen LogP) is 1.40. The minimum Gasteiger partial charge on any atom is -0.493 e. The van der Waals surface area contributed by atoms with Crippen molar-refractivity contribution >= 4 is 29.8 Å². The number of hydrogen-bond acceptors (Lipinski definition) is 13. The average Bonchev–Trinajstić information content (AvgIpc) is 3.31.